The maximum Gasteiger partial charge on any atom is 0.338 e. The minimum Gasteiger partial charge on any atom is -0.462 e. The van der Waals surface area contributed by atoms with Gasteiger partial charge in [0, 0.05) is 34.0 Å². The molecule has 3 rings (SSSR count). The van der Waals surface area contributed by atoms with Gasteiger partial charge in [0.1, 0.15) is 0 Å². The SMILES string of the molecule is CCCCOC(=O)c1ccc(NC(=O)C(C)Sc2ccc(NC(=O)c3cccc([N+](=O)[O-])c3)cc2)cc1. The van der Waals surface area contributed by atoms with Crippen LogP contribution in [-0.4, -0.2) is 34.6 Å². The zero-order valence-corrected chi connectivity index (χ0v) is 21.2. The van der Waals surface area contributed by atoms with E-state index in [1.165, 1.54) is 36.0 Å². The lowest BCUT2D eigenvalue weighted by atomic mass is 10.2. The molecular formula is C27H27N3O6S. The molecule has 0 aliphatic carbocycles. The van der Waals surface area contributed by atoms with Crippen LogP contribution in [0, 0.1) is 10.1 Å². The van der Waals surface area contributed by atoms with Crippen molar-refractivity contribution in [2.24, 2.45) is 0 Å². The molecule has 0 saturated carbocycles. The summed E-state index contributed by atoms with van der Waals surface area (Å²) in [5.74, 6) is -1.05. The summed E-state index contributed by atoms with van der Waals surface area (Å²) in [6, 6.07) is 19.0. The number of nitro benzene ring substituents is 1. The van der Waals surface area contributed by atoms with Crippen LogP contribution in [0.3, 0.4) is 0 Å². The topological polar surface area (TPSA) is 128 Å². The predicted octanol–water partition coefficient (Wildman–Crippen LogP) is 5.92. The Balaban J connectivity index is 1.51. The average molecular weight is 522 g/mol. The number of rotatable bonds is 11. The third kappa shape index (κ3) is 8.18. The molecule has 3 aromatic carbocycles. The van der Waals surface area contributed by atoms with Crippen molar-refractivity contribution in [2.75, 3.05) is 17.2 Å². The third-order valence-electron chi connectivity index (χ3n) is 5.23. The van der Waals surface area contributed by atoms with Crippen molar-refractivity contribution < 1.29 is 24.0 Å². The number of carbonyl (C=O) groups is 3. The van der Waals surface area contributed by atoms with Gasteiger partial charge in [-0.1, -0.05) is 19.4 Å². The Labute approximate surface area is 218 Å². The molecule has 1 unspecified atom stereocenters. The Morgan fingerprint density at radius 2 is 1.59 bits per heavy atom. The van der Waals surface area contributed by atoms with Crippen molar-refractivity contribution in [3.05, 3.63) is 94.0 Å². The van der Waals surface area contributed by atoms with E-state index in [0.717, 1.165) is 17.7 Å². The largest absolute Gasteiger partial charge is 0.462 e. The predicted molar refractivity (Wildman–Crippen MR) is 143 cm³/mol. The maximum absolute atomic E-state index is 12.6. The quantitative estimate of drug-likeness (QED) is 0.105. The van der Waals surface area contributed by atoms with Gasteiger partial charge in [0.15, 0.2) is 0 Å². The highest BCUT2D eigenvalue weighted by Crippen LogP contribution is 2.26. The highest BCUT2D eigenvalue weighted by molar-refractivity contribution is 8.00. The van der Waals surface area contributed by atoms with Gasteiger partial charge in [0.05, 0.1) is 22.3 Å². The van der Waals surface area contributed by atoms with E-state index in [0.29, 0.717) is 23.5 Å². The van der Waals surface area contributed by atoms with Crippen molar-refractivity contribution in [3.8, 4) is 0 Å². The first-order valence-electron chi connectivity index (χ1n) is 11.7. The van der Waals surface area contributed by atoms with E-state index in [9.17, 15) is 24.5 Å². The molecule has 0 aromatic heterocycles. The summed E-state index contributed by atoms with van der Waals surface area (Å²) in [5, 5.41) is 16.0. The summed E-state index contributed by atoms with van der Waals surface area (Å²) in [6.07, 6.45) is 1.76. The molecule has 0 saturated heterocycles. The molecule has 0 radical (unpaired) electrons. The molecule has 1 atom stereocenters. The second-order valence-electron chi connectivity index (χ2n) is 8.10. The Hall–Kier alpha value is -4.18. The summed E-state index contributed by atoms with van der Waals surface area (Å²) < 4.78 is 5.18. The maximum atomic E-state index is 12.6. The highest BCUT2D eigenvalue weighted by atomic mass is 32.2. The van der Waals surface area contributed by atoms with Crippen LogP contribution < -0.4 is 10.6 Å². The normalized spacial score (nSPS) is 11.3. The van der Waals surface area contributed by atoms with E-state index < -0.39 is 16.1 Å². The van der Waals surface area contributed by atoms with Gasteiger partial charge < -0.3 is 15.4 Å². The minimum atomic E-state index is -0.555. The van der Waals surface area contributed by atoms with Gasteiger partial charge in [-0.25, -0.2) is 4.79 Å². The lowest BCUT2D eigenvalue weighted by Crippen LogP contribution is -2.22. The second kappa shape index (κ2) is 13.2. The van der Waals surface area contributed by atoms with Crippen LogP contribution in [0.15, 0.2) is 77.7 Å². The zero-order chi connectivity index (χ0) is 26.8. The van der Waals surface area contributed by atoms with Gasteiger partial charge in [-0.15, -0.1) is 11.8 Å². The number of hydrogen-bond acceptors (Lipinski definition) is 7. The fourth-order valence-electron chi connectivity index (χ4n) is 3.16. The zero-order valence-electron chi connectivity index (χ0n) is 20.4. The highest BCUT2D eigenvalue weighted by Gasteiger charge is 2.16. The van der Waals surface area contributed by atoms with E-state index in [-0.39, 0.29) is 23.1 Å². The van der Waals surface area contributed by atoms with Crippen molar-refractivity contribution in [3.63, 3.8) is 0 Å². The molecule has 0 fully saturated rings. The molecule has 0 aliphatic rings. The van der Waals surface area contributed by atoms with E-state index in [1.807, 2.05) is 6.92 Å². The number of esters is 1. The molecule has 9 nitrogen and oxygen atoms in total. The number of carbonyl (C=O) groups excluding carboxylic acids is 3. The van der Waals surface area contributed by atoms with Crippen molar-refractivity contribution in [2.45, 2.75) is 36.8 Å². The van der Waals surface area contributed by atoms with Crippen LogP contribution in [-0.2, 0) is 9.53 Å². The lowest BCUT2D eigenvalue weighted by Gasteiger charge is -2.13. The molecular weight excluding hydrogens is 494 g/mol. The van der Waals surface area contributed by atoms with E-state index in [2.05, 4.69) is 10.6 Å². The van der Waals surface area contributed by atoms with Gasteiger partial charge >= 0.3 is 5.97 Å². The Bertz CT molecular complexity index is 1260. The number of benzene rings is 3. The monoisotopic (exact) mass is 521 g/mol. The van der Waals surface area contributed by atoms with Crippen molar-refractivity contribution >= 4 is 46.6 Å². The van der Waals surface area contributed by atoms with Crippen LogP contribution in [0.1, 0.15) is 47.4 Å². The molecule has 10 heteroatoms. The van der Waals surface area contributed by atoms with E-state index >= 15 is 0 Å². The number of nitro groups is 1. The summed E-state index contributed by atoms with van der Waals surface area (Å²) in [5.41, 5.74) is 1.54. The Morgan fingerprint density at radius 3 is 2.24 bits per heavy atom. The van der Waals surface area contributed by atoms with Gasteiger partial charge in [0.25, 0.3) is 11.6 Å². The average Bonchev–Trinajstić information content (AvgIpc) is 2.90. The molecule has 0 spiro atoms. The lowest BCUT2D eigenvalue weighted by molar-refractivity contribution is -0.384. The Kier molecular flexibility index (Phi) is 9.79. The number of nitrogens with one attached hydrogen (secondary N) is 2. The van der Waals surface area contributed by atoms with Gasteiger partial charge in [-0.3, -0.25) is 19.7 Å². The molecule has 192 valence electrons. The number of thioether (sulfide) groups is 1. The number of unbranched alkanes of at least 4 members (excludes halogenated alkanes) is 1. The van der Waals surface area contributed by atoms with Gasteiger partial charge in [-0.05, 0) is 67.9 Å². The van der Waals surface area contributed by atoms with Crippen LogP contribution in [0.5, 0.6) is 0 Å². The summed E-state index contributed by atoms with van der Waals surface area (Å²) in [4.78, 5) is 48.2. The van der Waals surface area contributed by atoms with Gasteiger partial charge in [-0.2, -0.15) is 0 Å². The number of anilines is 2. The smallest absolute Gasteiger partial charge is 0.338 e. The fraction of sp³-hybridized carbons (Fsp3) is 0.222. The molecule has 37 heavy (non-hydrogen) atoms. The van der Waals surface area contributed by atoms with Crippen LogP contribution in [0.25, 0.3) is 0 Å². The number of hydrogen-bond donors (Lipinski definition) is 2. The van der Waals surface area contributed by atoms with E-state index in [4.69, 9.17) is 4.74 Å². The molecule has 0 heterocycles. The standard InChI is InChI=1S/C27H27N3O6S/c1-3-4-16-36-27(33)19-8-10-21(11-9-19)28-25(31)18(2)37-24-14-12-22(13-15-24)29-26(32)20-6-5-7-23(17-20)30(34)35/h5-15,17-18H,3-4,16H2,1-2H3,(H,28,31)(H,29,32). The number of nitrogens with zero attached hydrogens (tertiary/aromatic N) is 1. The summed E-state index contributed by atoms with van der Waals surface area (Å²) in [7, 11) is 0. The van der Waals surface area contributed by atoms with Crippen LogP contribution in [0.2, 0.25) is 0 Å². The second-order valence-corrected chi connectivity index (χ2v) is 9.52. The van der Waals surface area contributed by atoms with Crippen LogP contribution >= 0.6 is 11.8 Å². The minimum absolute atomic E-state index is 0.160. The molecule has 2 N–H and O–H groups in total. The van der Waals surface area contributed by atoms with Crippen molar-refractivity contribution in [1.29, 1.82) is 0 Å². The Morgan fingerprint density at radius 1 is 0.946 bits per heavy atom. The number of amides is 2. The van der Waals surface area contributed by atoms with Crippen molar-refractivity contribution in [1.82, 2.24) is 0 Å². The first kappa shape index (κ1) is 27.4. The first-order valence-corrected chi connectivity index (χ1v) is 12.6. The van der Waals surface area contributed by atoms with E-state index in [1.54, 1.807) is 55.5 Å². The van der Waals surface area contributed by atoms with Gasteiger partial charge in [0.2, 0.25) is 5.91 Å². The third-order valence-corrected chi connectivity index (χ3v) is 6.34. The number of ether oxygens (including phenoxy) is 1. The van der Waals surface area contributed by atoms with Crippen LogP contribution in [0.4, 0.5) is 17.1 Å². The molecule has 0 aliphatic heterocycles. The molecule has 3 aromatic rings. The molecule has 0 bridgehead atoms. The molecule has 2 amide bonds. The fourth-order valence-corrected chi connectivity index (χ4v) is 4.03. The number of non-ortho nitro benzene ring substituents is 1. The summed E-state index contributed by atoms with van der Waals surface area (Å²) >= 11 is 1.35. The first-order chi connectivity index (χ1) is 17.8. The summed E-state index contributed by atoms with van der Waals surface area (Å²) in [6.45, 7) is 4.18.